The van der Waals surface area contributed by atoms with Crippen molar-refractivity contribution in [1.29, 1.82) is 0 Å². The fraction of sp³-hybridized carbons (Fsp3) is 0.417. The zero-order chi connectivity index (χ0) is 22.8. The van der Waals surface area contributed by atoms with Crippen molar-refractivity contribution in [3.8, 4) is 11.5 Å². The second kappa shape index (κ2) is 9.28. The minimum absolute atomic E-state index is 0.101. The normalized spacial score (nSPS) is 21.8. The number of urea groups is 1. The summed E-state index contributed by atoms with van der Waals surface area (Å²) < 4.78 is 10.9. The first-order chi connectivity index (χ1) is 15.3. The summed E-state index contributed by atoms with van der Waals surface area (Å²) in [6, 6.07) is 10.4. The lowest BCUT2D eigenvalue weighted by molar-refractivity contribution is 0.1000. The van der Waals surface area contributed by atoms with Crippen LogP contribution in [0, 0.1) is 11.8 Å². The number of anilines is 1. The van der Waals surface area contributed by atoms with E-state index in [2.05, 4.69) is 19.2 Å². The lowest BCUT2D eigenvalue weighted by Gasteiger charge is -2.41. The Balaban J connectivity index is 1.58. The number of nitrogens with two attached hydrogens (primary N) is 1. The number of fused-ring (bicyclic) bond motifs is 1. The number of carbonyl (C=O) groups excluding carboxylic acids is 2. The van der Waals surface area contributed by atoms with E-state index in [4.69, 9.17) is 26.8 Å². The summed E-state index contributed by atoms with van der Waals surface area (Å²) in [7, 11) is 0. The smallest absolute Gasteiger partial charge is 0.322 e. The monoisotopic (exact) mass is 457 g/mol. The Hall–Kier alpha value is -2.93. The quantitative estimate of drug-likeness (QED) is 0.658. The minimum atomic E-state index is -0.609. The van der Waals surface area contributed by atoms with Gasteiger partial charge >= 0.3 is 6.03 Å². The van der Waals surface area contributed by atoms with E-state index >= 15 is 0 Å². The highest BCUT2D eigenvalue weighted by molar-refractivity contribution is 6.34. The molecule has 1 heterocycles. The number of nitrogens with zero attached hydrogens (tertiary/aromatic N) is 1. The fourth-order valence-corrected chi connectivity index (χ4v) is 4.83. The molecule has 0 radical (unpaired) electrons. The third-order valence-electron chi connectivity index (χ3n) is 6.60. The zero-order valence-electron chi connectivity index (χ0n) is 18.3. The van der Waals surface area contributed by atoms with Crippen molar-refractivity contribution in [2.45, 2.75) is 45.7 Å². The van der Waals surface area contributed by atoms with Crippen LogP contribution in [0.2, 0.25) is 5.02 Å². The van der Waals surface area contributed by atoms with Crippen molar-refractivity contribution >= 4 is 29.2 Å². The van der Waals surface area contributed by atoms with E-state index in [9.17, 15) is 9.59 Å². The minimum Gasteiger partial charge on any atom is -0.454 e. The second-order valence-corrected chi connectivity index (χ2v) is 9.05. The fourth-order valence-electron chi connectivity index (χ4n) is 4.56. The van der Waals surface area contributed by atoms with Crippen molar-refractivity contribution in [2.24, 2.45) is 17.6 Å². The SMILES string of the molecule is C[C@H]1[C@H](C)CCC[C@@H]1N(Cc1ccc2c(c1)OCO2)C(=O)Nc1ccc(C(N)=O)c(Cl)c1. The van der Waals surface area contributed by atoms with Gasteiger partial charge in [-0.3, -0.25) is 4.79 Å². The Morgan fingerprint density at radius 3 is 2.66 bits per heavy atom. The predicted molar refractivity (Wildman–Crippen MR) is 123 cm³/mol. The van der Waals surface area contributed by atoms with Gasteiger partial charge in [-0.2, -0.15) is 0 Å². The molecule has 2 aromatic rings. The first-order valence-corrected chi connectivity index (χ1v) is 11.3. The highest BCUT2D eigenvalue weighted by atomic mass is 35.5. The average Bonchev–Trinajstić information content (AvgIpc) is 3.22. The van der Waals surface area contributed by atoms with Crippen LogP contribution in [0.5, 0.6) is 11.5 Å². The molecule has 1 aliphatic carbocycles. The van der Waals surface area contributed by atoms with Gasteiger partial charge in [0, 0.05) is 18.3 Å². The third kappa shape index (κ3) is 4.63. The van der Waals surface area contributed by atoms with Crippen LogP contribution < -0.4 is 20.5 Å². The summed E-state index contributed by atoms with van der Waals surface area (Å²) in [5.41, 5.74) is 7.03. The van der Waals surface area contributed by atoms with Gasteiger partial charge in [0.2, 0.25) is 12.7 Å². The molecule has 1 aliphatic heterocycles. The van der Waals surface area contributed by atoms with Crippen LogP contribution in [0.15, 0.2) is 36.4 Å². The molecule has 3 atom stereocenters. The van der Waals surface area contributed by atoms with Crippen LogP contribution in [0.4, 0.5) is 10.5 Å². The van der Waals surface area contributed by atoms with Gasteiger partial charge in [-0.25, -0.2) is 4.79 Å². The molecule has 3 amide bonds. The Morgan fingerprint density at radius 2 is 1.91 bits per heavy atom. The number of carbonyl (C=O) groups is 2. The number of nitrogens with one attached hydrogen (secondary N) is 1. The van der Waals surface area contributed by atoms with Crippen molar-refractivity contribution in [3.63, 3.8) is 0 Å². The predicted octanol–water partition coefficient (Wildman–Crippen LogP) is 5.03. The lowest BCUT2D eigenvalue weighted by Crippen LogP contribution is -2.48. The van der Waals surface area contributed by atoms with Gasteiger partial charge in [-0.15, -0.1) is 0 Å². The van der Waals surface area contributed by atoms with Crippen LogP contribution in [0.25, 0.3) is 0 Å². The number of hydrogen-bond donors (Lipinski definition) is 2. The van der Waals surface area contributed by atoms with Gasteiger partial charge in [-0.1, -0.05) is 44.4 Å². The molecule has 4 rings (SSSR count). The molecule has 8 heteroatoms. The molecule has 2 aromatic carbocycles. The highest BCUT2D eigenvalue weighted by Gasteiger charge is 2.34. The molecule has 170 valence electrons. The van der Waals surface area contributed by atoms with Crippen molar-refractivity contribution in [3.05, 3.63) is 52.5 Å². The number of ether oxygens (including phenoxy) is 2. The van der Waals surface area contributed by atoms with E-state index in [0.717, 1.165) is 18.4 Å². The topological polar surface area (TPSA) is 93.9 Å². The van der Waals surface area contributed by atoms with E-state index in [1.807, 2.05) is 23.1 Å². The van der Waals surface area contributed by atoms with E-state index in [1.54, 1.807) is 12.1 Å². The molecule has 1 fully saturated rings. The lowest BCUT2D eigenvalue weighted by atomic mass is 9.77. The first kappa shape index (κ1) is 22.3. The summed E-state index contributed by atoms with van der Waals surface area (Å²) >= 11 is 6.17. The number of halogens is 1. The molecule has 7 nitrogen and oxygen atoms in total. The maximum Gasteiger partial charge on any atom is 0.322 e. The van der Waals surface area contributed by atoms with Gasteiger partial charge < -0.3 is 25.4 Å². The molecule has 0 spiro atoms. The van der Waals surface area contributed by atoms with E-state index in [-0.39, 0.29) is 29.5 Å². The van der Waals surface area contributed by atoms with Gasteiger partial charge in [0.15, 0.2) is 11.5 Å². The molecule has 0 bridgehead atoms. The highest BCUT2D eigenvalue weighted by Crippen LogP contribution is 2.36. The number of amides is 3. The second-order valence-electron chi connectivity index (χ2n) is 8.64. The van der Waals surface area contributed by atoms with Gasteiger partial charge in [0.05, 0.1) is 10.6 Å². The van der Waals surface area contributed by atoms with Gasteiger partial charge in [0.25, 0.3) is 0 Å². The summed E-state index contributed by atoms with van der Waals surface area (Å²) in [6.45, 7) is 5.11. The average molecular weight is 458 g/mol. The largest absolute Gasteiger partial charge is 0.454 e. The zero-order valence-corrected chi connectivity index (χ0v) is 19.0. The number of hydrogen-bond acceptors (Lipinski definition) is 4. The Labute approximate surface area is 192 Å². The third-order valence-corrected chi connectivity index (χ3v) is 6.91. The molecular formula is C24H28ClN3O4. The standard InChI is InChI=1S/C24H28ClN3O4/c1-14-4-3-5-20(15(14)2)28(12-16-6-9-21-22(10-16)32-13-31-21)24(30)27-17-7-8-18(23(26)29)19(25)11-17/h6-11,14-15,20H,3-5,12-13H2,1-2H3,(H2,26,29)(H,27,30)/t14-,15+,20+/m1/s1. The first-order valence-electron chi connectivity index (χ1n) is 10.9. The molecule has 32 heavy (non-hydrogen) atoms. The van der Waals surface area contributed by atoms with Gasteiger partial charge in [-0.05, 0) is 54.2 Å². The Kier molecular flexibility index (Phi) is 6.46. The molecular weight excluding hydrogens is 430 g/mol. The molecule has 2 aliphatic rings. The number of rotatable bonds is 5. The van der Waals surface area contributed by atoms with Crippen LogP contribution in [0.1, 0.15) is 49.0 Å². The summed E-state index contributed by atoms with van der Waals surface area (Å²) in [4.78, 5) is 26.8. The summed E-state index contributed by atoms with van der Waals surface area (Å²) in [6.07, 6.45) is 3.20. The van der Waals surface area contributed by atoms with Crippen molar-refractivity contribution < 1.29 is 19.1 Å². The summed E-state index contributed by atoms with van der Waals surface area (Å²) in [5.74, 6) is 1.70. The van der Waals surface area contributed by atoms with Crippen LogP contribution >= 0.6 is 11.6 Å². The number of benzene rings is 2. The summed E-state index contributed by atoms with van der Waals surface area (Å²) in [5, 5.41) is 3.15. The van der Waals surface area contributed by atoms with Crippen molar-refractivity contribution in [2.75, 3.05) is 12.1 Å². The van der Waals surface area contributed by atoms with E-state index in [0.29, 0.717) is 35.6 Å². The Morgan fingerprint density at radius 1 is 1.12 bits per heavy atom. The molecule has 3 N–H and O–H groups in total. The van der Waals surface area contributed by atoms with Crippen LogP contribution in [-0.4, -0.2) is 29.7 Å². The molecule has 0 unspecified atom stereocenters. The molecule has 0 saturated heterocycles. The molecule has 0 aromatic heterocycles. The van der Waals surface area contributed by atoms with Crippen molar-refractivity contribution in [1.82, 2.24) is 4.90 Å². The maximum absolute atomic E-state index is 13.5. The van der Waals surface area contributed by atoms with E-state index < -0.39 is 5.91 Å². The van der Waals surface area contributed by atoms with Gasteiger partial charge in [0.1, 0.15) is 0 Å². The number of primary amides is 1. The van der Waals surface area contributed by atoms with Crippen LogP contribution in [-0.2, 0) is 6.54 Å². The molecule has 1 saturated carbocycles. The van der Waals surface area contributed by atoms with E-state index in [1.165, 1.54) is 12.5 Å². The maximum atomic E-state index is 13.5. The Bertz CT molecular complexity index is 1030. The van der Waals surface area contributed by atoms with Crippen LogP contribution in [0.3, 0.4) is 0 Å².